The Morgan fingerprint density at radius 1 is 1.24 bits per heavy atom. The van der Waals surface area contributed by atoms with Gasteiger partial charge in [0.25, 0.3) is 0 Å². The van der Waals surface area contributed by atoms with Crippen molar-refractivity contribution in [3.8, 4) is 11.4 Å². The summed E-state index contributed by atoms with van der Waals surface area (Å²) in [4.78, 5) is 19.2. The number of hydrogen-bond donors (Lipinski definition) is 1. The van der Waals surface area contributed by atoms with Gasteiger partial charge in [-0.3, -0.25) is 0 Å². The van der Waals surface area contributed by atoms with Gasteiger partial charge in [0, 0.05) is 49.7 Å². The third-order valence-corrected chi connectivity index (χ3v) is 5.95. The largest absolute Gasteiger partial charge is 0.333 e. The predicted molar refractivity (Wildman–Crippen MR) is 109 cm³/mol. The van der Waals surface area contributed by atoms with E-state index in [1.807, 2.05) is 42.3 Å². The summed E-state index contributed by atoms with van der Waals surface area (Å²) in [6, 6.07) is 8.02. The van der Waals surface area contributed by atoms with Crippen LogP contribution in [0, 0.1) is 6.92 Å². The van der Waals surface area contributed by atoms with E-state index in [1.165, 1.54) is 0 Å². The first-order valence-electron chi connectivity index (χ1n) is 10.3. The number of hydrogen-bond acceptors (Lipinski definition) is 4. The Labute approximate surface area is 169 Å². The number of fused-ring (bicyclic) bond motifs is 1. The zero-order valence-corrected chi connectivity index (χ0v) is 16.6. The van der Waals surface area contributed by atoms with Crippen molar-refractivity contribution in [2.45, 2.75) is 51.7 Å². The highest BCUT2D eigenvalue weighted by atomic mass is 16.2. The number of anilines is 1. The lowest BCUT2D eigenvalue weighted by atomic mass is 10.2. The van der Waals surface area contributed by atoms with Gasteiger partial charge in [0.1, 0.15) is 11.6 Å². The summed E-state index contributed by atoms with van der Waals surface area (Å²) >= 11 is 0. The van der Waals surface area contributed by atoms with Crippen LogP contribution in [0.4, 0.5) is 10.5 Å². The molecular weight excluding hydrogens is 366 g/mol. The molecule has 4 heterocycles. The van der Waals surface area contributed by atoms with Crippen LogP contribution in [0.5, 0.6) is 0 Å². The molecular formula is C21H25N7O. The second kappa shape index (κ2) is 7.35. The zero-order chi connectivity index (χ0) is 19.8. The average molecular weight is 391 g/mol. The highest BCUT2D eigenvalue weighted by Gasteiger charge is 2.29. The normalized spacial score (nSPS) is 18.2. The summed E-state index contributed by atoms with van der Waals surface area (Å²) in [7, 11) is 0. The number of carbonyl (C=O) groups excluding carboxylic acids is 1. The molecule has 5 rings (SSSR count). The SMILES string of the molecule is Cc1nccn1CC1CCCN1C(=O)Nc1cccc(-c2nnc3n2CCC3)c1. The van der Waals surface area contributed by atoms with Gasteiger partial charge in [0.05, 0.1) is 6.04 Å². The van der Waals surface area contributed by atoms with E-state index in [-0.39, 0.29) is 12.1 Å². The van der Waals surface area contributed by atoms with Crippen molar-refractivity contribution in [3.63, 3.8) is 0 Å². The van der Waals surface area contributed by atoms with Gasteiger partial charge in [-0.25, -0.2) is 9.78 Å². The van der Waals surface area contributed by atoms with Crippen molar-refractivity contribution in [1.29, 1.82) is 0 Å². The van der Waals surface area contributed by atoms with E-state index in [1.54, 1.807) is 6.20 Å². The third-order valence-electron chi connectivity index (χ3n) is 5.95. The van der Waals surface area contributed by atoms with Gasteiger partial charge < -0.3 is 19.4 Å². The van der Waals surface area contributed by atoms with Gasteiger partial charge in [-0.2, -0.15) is 0 Å². The fourth-order valence-corrected chi connectivity index (χ4v) is 4.41. The smallest absolute Gasteiger partial charge is 0.322 e. The Morgan fingerprint density at radius 3 is 3.03 bits per heavy atom. The van der Waals surface area contributed by atoms with Gasteiger partial charge in [-0.15, -0.1) is 10.2 Å². The Bertz CT molecular complexity index is 1040. The van der Waals surface area contributed by atoms with Crippen molar-refractivity contribution in [1.82, 2.24) is 29.2 Å². The van der Waals surface area contributed by atoms with Crippen molar-refractivity contribution < 1.29 is 4.79 Å². The third kappa shape index (κ3) is 3.39. The fraction of sp³-hybridized carbons (Fsp3) is 0.429. The molecule has 1 aromatic carbocycles. The molecule has 2 aromatic heterocycles. The van der Waals surface area contributed by atoms with Crippen molar-refractivity contribution >= 4 is 11.7 Å². The van der Waals surface area contributed by atoms with Crippen molar-refractivity contribution in [2.75, 3.05) is 11.9 Å². The lowest BCUT2D eigenvalue weighted by Crippen LogP contribution is -2.40. The van der Waals surface area contributed by atoms with Crippen LogP contribution >= 0.6 is 0 Å². The second-order valence-electron chi connectivity index (χ2n) is 7.82. The molecule has 2 amide bonds. The zero-order valence-electron chi connectivity index (χ0n) is 16.6. The van der Waals surface area contributed by atoms with Gasteiger partial charge >= 0.3 is 6.03 Å². The fourth-order valence-electron chi connectivity index (χ4n) is 4.41. The van der Waals surface area contributed by atoms with Crippen molar-refractivity contribution in [3.05, 3.63) is 48.3 Å². The summed E-state index contributed by atoms with van der Waals surface area (Å²) in [6.07, 6.45) is 7.91. The van der Waals surface area contributed by atoms with Crippen LogP contribution in [0.15, 0.2) is 36.7 Å². The predicted octanol–water partition coefficient (Wildman–Crippen LogP) is 3.09. The molecule has 1 atom stereocenters. The molecule has 8 heteroatoms. The summed E-state index contributed by atoms with van der Waals surface area (Å²) in [6.45, 7) is 4.51. The van der Waals surface area contributed by atoms with Crippen LogP contribution in [0.2, 0.25) is 0 Å². The molecule has 2 aliphatic rings. The Kier molecular flexibility index (Phi) is 4.54. The Hall–Kier alpha value is -3.16. The maximum Gasteiger partial charge on any atom is 0.322 e. The maximum atomic E-state index is 13.0. The van der Waals surface area contributed by atoms with Gasteiger partial charge in [0.15, 0.2) is 5.82 Å². The standard InChI is InChI=1S/C21H25N7O/c1-15-22-9-12-26(15)14-18-7-3-10-27(18)21(29)23-17-6-2-5-16(13-17)20-25-24-19-8-4-11-28(19)20/h2,5-6,9,12-13,18H,3-4,7-8,10-11,14H2,1H3,(H,23,29). The molecule has 29 heavy (non-hydrogen) atoms. The molecule has 0 spiro atoms. The van der Waals surface area contributed by atoms with Crippen LogP contribution in [-0.2, 0) is 19.5 Å². The topological polar surface area (TPSA) is 80.9 Å². The number of rotatable bonds is 4. The first-order valence-corrected chi connectivity index (χ1v) is 10.3. The maximum absolute atomic E-state index is 13.0. The van der Waals surface area contributed by atoms with Crippen LogP contribution in [0.25, 0.3) is 11.4 Å². The molecule has 1 N–H and O–H groups in total. The molecule has 2 aliphatic heterocycles. The van der Waals surface area contributed by atoms with Gasteiger partial charge in [-0.1, -0.05) is 12.1 Å². The van der Waals surface area contributed by atoms with Gasteiger partial charge in [-0.05, 0) is 38.3 Å². The molecule has 1 saturated heterocycles. The minimum atomic E-state index is -0.0473. The minimum Gasteiger partial charge on any atom is -0.333 e. The lowest BCUT2D eigenvalue weighted by molar-refractivity contribution is 0.201. The van der Waals surface area contributed by atoms with E-state index < -0.39 is 0 Å². The highest BCUT2D eigenvalue weighted by Crippen LogP contribution is 2.26. The Morgan fingerprint density at radius 2 is 2.17 bits per heavy atom. The number of benzene rings is 1. The van der Waals surface area contributed by atoms with E-state index in [4.69, 9.17) is 0 Å². The number of urea groups is 1. The number of nitrogens with one attached hydrogen (secondary N) is 1. The number of imidazole rings is 1. The van der Waals surface area contributed by atoms with E-state index >= 15 is 0 Å². The number of likely N-dealkylation sites (tertiary alicyclic amines) is 1. The molecule has 1 unspecified atom stereocenters. The van der Waals surface area contributed by atoms with Crippen LogP contribution in [0.1, 0.15) is 30.9 Å². The molecule has 0 bridgehead atoms. The van der Waals surface area contributed by atoms with Crippen LogP contribution in [-0.4, -0.2) is 47.8 Å². The summed E-state index contributed by atoms with van der Waals surface area (Å²) < 4.78 is 4.29. The second-order valence-corrected chi connectivity index (χ2v) is 7.82. The highest BCUT2D eigenvalue weighted by molar-refractivity contribution is 5.90. The quantitative estimate of drug-likeness (QED) is 0.741. The van der Waals surface area contributed by atoms with Crippen LogP contribution < -0.4 is 5.32 Å². The molecule has 8 nitrogen and oxygen atoms in total. The van der Waals surface area contributed by atoms with E-state index in [2.05, 4.69) is 29.6 Å². The Balaban J connectivity index is 1.31. The van der Waals surface area contributed by atoms with Crippen molar-refractivity contribution in [2.24, 2.45) is 0 Å². The first-order chi connectivity index (χ1) is 14.2. The van der Waals surface area contributed by atoms with E-state index in [0.29, 0.717) is 0 Å². The molecule has 1 fully saturated rings. The number of amides is 2. The number of aryl methyl sites for hydroxylation is 2. The summed E-state index contributed by atoms with van der Waals surface area (Å²) in [5.74, 6) is 2.90. The number of aromatic nitrogens is 5. The first kappa shape index (κ1) is 17.9. The molecule has 0 radical (unpaired) electrons. The summed E-state index contributed by atoms with van der Waals surface area (Å²) in [5, 5.41) is 11.7. The lowest BCUT2D eigenvalue weighted by Gasteiger charge is -2.25. The average Bonchev–Trinajstić information content (AvgIpc) is 3.48. The number of nitrogens with zero attached hydrogens (tertiary/aromatic N) is 6. The molecule has 0 aliphatic carbocycles. The van der Waals surface area contributed by atoms with Crippen LogP contribution in [0.3, 0.4) is 0 Å². The van der Waals surface area contributed by atoms with Gasteiger partial charge in [0.2, 0.25) is 0 Å². The molecule has 3 aromatic rings. The number of carbonyl (C=O) groups is 1. The minimum absolute atomic E-state index is 0.0473. The van der Waals surface area contributed by atoms with E-state index in [9.17, 15) is 4.79 Å². The van der Waals surface area contributed by atoms with E-state index in [0.717, 1.165) is 74.0 Å². The monoisotopic (exact) mass is 391 g/mol. The molecule has 150 valence electrons. The molecule has 0 saturated carbocycles. The summed E-state index contributed by atoms with van der Waals surface area (Å²) in [5.41, 5.74) is 1.77.